The SMILES string of the molecule is [2H]C([2H])([2H])C([2H])(C([2H])([2H])[2H])C([2H])([2H])C(=O)O[C@H]1[C@H](C)O[C@@H](O[C@H]2[C@H](N(C)C)[C@@H](O)[C@H](O[C@H]3[C@@H](CC=O)C[C@@H](C)C(=O)/C=C/C(C)=C/[C@H](CO[C@@H]4O[C@H](C)[C@@H](O)[C@@H](OC)[C@H]4OC)[C@@H](CC)OC(=O)C[C@@H](OC(C)=O)[C@@H]3C)O[C@@H]2C)C[C@@]1(C)O. The van der Waals surface area contributed by atoms with Crippen LogP contribution < -0.4 is 0 Å². The maximum absolute atomic E-state index is 14.2. The van der Waals surface area contributed by atoms with Crippen LogP contribution in [0, 0.1) is 29.6 Å². The van der Waals surface area contributed by atoms with Gasteiger partial charge in [0.1, 0.15) is 54.6 Å². The van der Waals surface area contributed by atoms with Crippen LogP contribution >= 0.6 is 0 Å². The number of ketones is 1. The lowest BCUT2D eigenvalue weighted by atomic mass is 9.79. The van der Waals surface area contributed by atoms with Gasteiger partial charge in [0.25, 0.3) is 0 Å². The fourth-order valence-electron chi connectivity index (χ4n) is 10.3. The lowest BCUT2D eigenvalue weighted by molar-refractivity contribution is -0.342. The van der Waals surface area contributed by atoms with Gasteiger partial charge in [0.05, 0.1) is 43.5 Å². The zero-order valence-corrected chi connectivity index (χ0v) is 44.4. The Morgan fingerprint density at radius 1 is 0.945 bits per heavy atom. The zero-order valence-electron chi connectivity index (χ0n) is 53.4. The molecule has 4 heterocycles. The molecule has 0 radical (unpaired) electrons. The van der Waals surface area contributed by atoms with Gasteiger partial charge < -0.3 is 77.1 Å². The summed E-state index contributed by atoms with van der Waals surface area (Å²) in [5.74, 6) is -11.0. The zero-order chi connectivity index (χ0) is 62.4. The predicted octanol–water partition coefficient (Wildman–Crippen LogP) is 4.00. The molecule has 0 bridgehead atoms. The first kappa shape index (κ1) is 49.3. The van der Waals surface area contributed by atoms with Gasteiger partial charge in [0, 0.05) is 70.4 Å². The number of nitrogens with zero attached hydrogens (tertiary/aromatic N) is 1. The van der Waals surface area contributed by atoms with Crippen molar-refractivity contribution in [2.45, 2.75) is 218 Å². The van der Waals surface area contributed by atoms with E-state index in [1.807, 2.05) is 0 Å². The highest BCUT2D eigenvalue weighted by atomic mass is 16.7. The molecule has 0 amide bonds. The molecule has 4 aliphatic rings. The Labute approximate surface area is 444 Å². The Morgan fingerprint density at radius 3 is 2.21 bits per heavy atom. The Kier molecular flexibility index (Phi) is 19.1. The van der Waals surface area contributed by atoms with Crippen molar-refractivity contribution in [2.24, 2.45) is 29.6 Å². The summed E-state index contributed by atoms with van der Waals surface area (Å²) in [6.07, 6.45) is -16.7. The highest BCUT2D eigenvalue weighted by Gasteiger charge is 2.53. The molecule has 418 valence electrons. The molecule has 0 saturated carbocycles. The van der Waals surface area contributed by atoms with Crippen LogP contribution in [0.5, 0.6) is 0 Å². The Hall–Kier alpha value is -3.25. The molecule has 0 aromatic rings. The second kappa shape index (κ2) is 28.2. The number of aldehydes is 1. The van der Waals surface area contributed by atoms with Crippen molar-refractivity contribution in [3.63, 3.8) is 0 Å². The molecular weight excluding hydrogens is 955 g/mol. The standard InChI is InChI=1S/C53H87NO19/c1-16-38-36(26-65-52-49(64-15)48(63-14)44(60)31(7)67-52)22-28(4)17-18-37(57)29(5)23-35(19-20-55)46(30(6)39(69-34(10)56)24-41(59)70-38)73-51-45(61)43(54(12)13)47(32(8)68-51)72-42-25-53(11,62)50(33(9)66-42)71-40(58)21-27(2)3/h17-18,20,22,27,29-33,35-36,38-39,42-52,60-62H,16,19,21,23-26H2,1-15H3/b18-17+,28-22+/t29-,30+,31-,32-,33+,35+,36-,38-,39-,42+,43-,44-,45-,46-,47-,48-,49-,50+,51+,52-,53-/m1/s1/i2D3,3D3,21D2,27D. The number of esters is 3. The topological polar surface area (TPSA) is 251 Å². The molecule has 3 fully saturated rings. The molecule has 0 aromatic carbocycles. The molecular formula is C53H87NO19. The van der Waals surface area contributed by atoms with Crippen LogP contribution in [0.25, 0.3) is 0 Å². The smallest absolute Gasteiger partial charge is 0.309 e. The first-order valence-corrected chi connectivity index (χ1v) is 24.9. The van der Waals surface area contributed by atoms with Crippen molar-refractivity contribution in [3.8, 4) is 0 Å². The van der Waals surface area contributed by atoms with E-state index >= 15 is 0 Å². The summed E-state index contributed by atoms with van der Waals surface area (Å²) in [5.41, 5.74) is -1.51. The average Bonchev–Trinajstić information content (AvgIpc) is 3.57. The molecule has 0 aromatic heterocycles. The van der Waals surface area contributed by atoms with Crippen molar-refractivity contribution in [3.05, 3.63) is 23.8 Å². The summed E-state index contributed by atoms with van der Waals surface area (Å²) in [5, 5.41) is 34.8. The van der Waals surface area contributed by atoms with Gasteiger partial charge in [-0.25, -0.2) is 0 Å². The number of methoxy groups -OCH3 is 2. The van der Waals surface area contributed by atoms with Crippen LogP contribution in [0.1, 0.15) is 127 Å². The van der Waals surface area contributed by atoms with E-state index in [0.717, 1.165) is 6.92 Å². The third kappa shape index (κ3) is 16.9. The fourth-order valence-corrected chi connectivity index (χ4v) is 10.3. The van der Waals surface area contributed by atoms with E-state index in [2.05, 4.69) is 0 Å². The molecule has 0 spiro atoms. The Balaban J connectivity index is 1.65. The van der Waals surface area contributed by atoms with Crippen molar-refractivity contribution in [1.82, 2.24) is 4.90 Å². The molecule has 0 aliphatic carbocycles. The number of aliphatic hydroxyl groups excluding tert-OH is 2. The minimum Gasteiger partial charge on any atom is -0.462 e. The van der Waals surface area contributed by atoms with E-state index in [9.17, 15) is 39.3 Å². The normalized spacial score (nSPS) is 44.1. The molecule has 73 heavy (non-hydrogen) atoms. The molecule has 20 nitrogen and oxygen atoms in total. The quantitative estimate of drug-likeness (QED) is 0.106. The number of hydrogen-bond acceptors (Lipinski definition) is 20. The third-order valence-corrected chi connectivity index (χ3v) is 14.1. The van der Waals surface area contributed by atoms with Crippen LogP contribution in [0.4, 0.5) is 0 Å². The number of allylic oxidation sites excluding steroid dienone is 3. The summed E-state index contributed by atoms with van der Waals surface area (Å²) in [7, 11) is 6.11. The molecule has 20 heteroatoms. The second-order valence-corrected chi connectivity index (χ2v) is 20.2. The van der Waals surface area contributed by atoms with Gasteiger partial charge >= 0.3 is 17.9 Å². The lowest BCUT2D eigenvalue weighted by Gasteiger charge is -2.50. The van der Waals surface area contributed by atoms with Crippen LogP contribution in [-0.2, 0) is 76.1 Å². The number of likely N-dealkylation sites (N-methyl/N-ethyl adjacent to an activating group) is 1. The van der Waals surface area contributed by atoms with Crippen molar-refractivity contribution in [1.29, 1.82) is 0 Å². The maximum Gasteiger partial charge on any atom is 0.309 e. The monoisotopic (exact) mass is 1050 g/mol. The molecule has 21 atom stereocenters. The third-order valence-electron chi connectivity index (χ3n) is 14.1. The van der Waals surface area contributed by atoms with E-state index in [4.69, 9.17) is 64.4 Å². The number of ether oxygens (including phenoxy) is 11. The van der Waals surface area contributed by atoms with Gasteiger partial charge in [-0.2, -0.15) is 0 Å². The van der Waals surface area contributed by atoms with E-state index < -0.39 is 184 Å². The second-order valence-electron chi connectivity index (χ2n) is 20.2. The van der Waals surface area contributed by atoms with E-state index in [-0.39, 0.29) is 31.7 Å². The maximum atomic E-state index is 14.2. The van der Waals surface area contributed by atoms with Crippen molar-refractivity contribution < 1.29 is 104 Å². The van der Waals surface area contributed by atoms with Crippen LogP contribution in [0.3, 0.4) is 0 Å². The molecule has 3 saturated heterocycles. The first-order valence-electron chi connectivity index (χ1n) is 29.4. The van der Waals surface area contributed by atoms with Gasteiger partial charge in [0.2, 0.25) is 0 Å². The highest BCUT2D eigenvalue weighted by molar-refractivity contribution is 5.91. The number of carbonyl (C=O) groups is 5. The van der Waals surface area contributed by atoms with Crippen LogP contribution in [-0.4, -0.2) is 189 Å². The highest BCUT2D eigenvalue weighted by Crippen LogP contribution is 2.39. The van der Waals surface area contributed by atoms with Gasteiger partial charge in [-0.05, 0) is 79.4 Å². The molecule has 4 rings (SSSR count). The van der Waals surface area contributed by atoms with E-state index in [0.29, 0.717) is 11.9 Å². The Bertz CT molecular complexity index is 2200. The summed E-state index contributed by atoms with van der Waals surface area (Å²) in [4.78, 5) is 68.7. The lowest BCUT2D eigenvalue weighted by Crippen LogP contribution is -2.65. The number of aliphatic hydroxyl groups is 3. The van der Waals surface area contributed by atoms with Gasteiger partial charge in [-0.3, -0.25) is 19.2 Å². The largest absolute Gasteiger partial charge is 0.462 e. The number of cyclic esters (lactones) is 1. The summed E-state index contributed by atoms with van der Waals surface area (Å²) in [6.45, 7) is 6.03. The van der Waals surface area contributed by atoms with Gasteiger partial charge in [-0.1, -0.05) is 52.2 Å². The predicted molar refractivity (Wildman–Crippen MR) is 263 cm³/mol. The van der Waals surface area contributed by atoms with Crippen molar-refractivity contribution in [2.75, 3.05) is 34.9 Å². The molecule has 0 unspecified atom stereocenters. The summed E-state index contributed by atoms with van der Waals surface area (Å²) < 4.78 is 137. The molecule has 4 aliphatic heterocycles. The van der Waals surface area contributed by atoms with Crippen LogP contribution in [0.15, 0.2) is 23.8 Å². The summed E-state index contributed by atoms with van der Waals surface area (Å²) in [6, 6.07) is -1.01. The number of carbonyl (C=O) groups excluding carboxylic acids is 5. The van der Waals surface area contributed by atoms with E-state index in [1.54, 1.807) is 72.7 Å². The molecule has 3 N–H and O–H groups in total. The number of rotatable bonds is 17. The average molecular weight is 1050 g/mol. The van der Waals surface area contributed by atoms with Crippen molar-refractivity contribution >= 4 is 30.0 Å². The first-order chi connectivity index (χ1) is 37.8. The van der Waals surface area contributed by atoms with Gasteiger partial charge in [0.15, 0.2) is 30.8 Å². The fraction of sp³-hybridized carbons (Fsp3) is 0.830. The Morgan fingerprint density at radius 2 is 1.62 bits per heavy atom. The van der Waals surface area contributed by atoms with Crippen LogP contribution in [0.2, 0.25) is 0 Å². The minimum atomic E-state index is -3.98. The van der Waals surface area contributed by atoms with E-state index in [1.165, 1.54) is 34.1 Å². The summed E-state index contributed by atoms with van der Waals surface area (Å²) >= 11 is 0. The number of hydrogen-bond donors (Lipinski definition) is 3. The van der Waals surface area contributed by atoms with Gasteiger partial charge in [-0.15, -0.1) is 0 Å². The minimum absolute atomic E-state index is 0.0328.